The van der Waals surface area contributed by atoms with Gasteiger partial charge < -0.3 is 14.6 Å². The second-order valence-electron chi connectivity index (χ2n) is 10.6. The fraction of sp³-hybridized carbons (Fsp3) is 0.312. The number of tetrazole rings is 1. The van der Waals surface area contributed by atoms with E-state index in [4.69, 9.17) is 4.74 Å². The van der Waals surface area contributed by atoms with Crippen molar-refractivity contribution in [3.63, 3.8) is 0 Å². The Hall–Kier alpha value is -4.50. The van der Waals surface area contributed by atoms with Gasteiger partial charge in [-0.3, -0.25) is 9.69 Å². The van der Waals surface area contributed by atoms with Crippen LogP contribution in [0.2, 0.25) is 0 Å². The number of rotatable bonds is 8. The molecule has 3 heterocycles. The van der Waals surface area contributed by atoms with E-state index < -0.39 is 6.04 Å². The molecule has 0 bridgehead atoms. The maximum absolute atomic E-state index is 13.7. The van der Waals surface area contributed by atoms with Crippen molar-refractivity contribution < 1.29 is 4.74 Å². The smallest absolute Gasteiger partial charge is 0.253 e. The third-order valence-electron chi connectivity index (χ3n) is 8.03. The van der Waals surface area contributed by atoms with Crippen molar-refractivity contribution in [1.29, 1.82) is 0 Å². The molecule has 1 unspecified atom stereocenters. The number of piperazine rings is 1. The van der Waals surface area contributed by atoms with E-state index >= 15 is 0 Å². The molecule has 0 spiro atoms. The molecular formula is C32H35N7O2. The van der Waals surface area contributed by atoms with Gasteiger partial charge in [-0.15, -0.1) is 5.10 Å². The van der Waals surface area contributed by atoms with Crippen LogP contribution in [0.1, 0.15) is 41.0 Å². The van der Waals surface area contributed by atoms with E-state index in [9.17, 15) is 4.79 Å². The number of anilines is 1. The van der Waals surface area contributed by atoms with Gasteiger partial charge in [0.05, 0.1) is 13.2 Å². The number of H-pyrrole nitrogens is 1. The van der Waals surface area contributed by atoms with Crippen LogP contribution in [-0.4, -0.2) is 62.9 Å². The molecule has 1 aliphatic rings. The van der Waals surface area contributed by atoms with Gasteiger partial charge in [0, 0.05) is 48.3 Å². The van der Waals surface area contributed by atoms with E-state index in [2.05, 4.69) is 74.5 Å². The first-order valence-corrected chi connectivity index (χ1v) is 14.2. The number of aromatic amines is 1. The van der Waals surface area contributed by atoms with E-state index in [-0.39, 0.29) is 5.56 Å². The monoisotopic (exact) mass is 549 g/mol. The predicted molar refractivity (Wildman–Crippen MR) is 161 cm³/mol. The van der Waals surface area contributed by atoms with Crippen LogP contribution in [0.5, 0.6) is 5.75 Å². The first-order chi connectivity index (χ1) is 20.0. The van der Waals surface area contributed by atoms with Crippen molar-refractivity contribution >= 4 is 16.6 Å². The van der Waals surface area contributed by atoms with E-state index in [1.807, 2.05) is 54.1 Å². The third kappa shape index (κ3) is 5.45. The van der Waals surface area contributed by atoms with E-state index in [0.717, 1.165) is 48.4 Å². The van der Waals surface area contributed by atoms with Gasteiger partial charge in [-0.05, 0) is 78.2 Å². The molecule has 0 amide bonds. The molecule has 2 aromatic heterocycles. The Balaban J connectivity index is 1.39. The number of nitrogens with one attached hydrogen (secondary N) is 1. The first-order valence-electron chi connectivity index (χ1n) is 14.2. The molecule has 41 heavy (non-hydrogen) atoms. The molecular weight excluding hydrogens is 514 g/mol. The summed E-state index contributed by atoms with van der Waals surface area (Å²) in [6.07, 6.45) is 0. The maximum Gasteiger partial charge on any atom is 0.253 e. The third-order valence-corrected chi connectivity index (χ3v) is 8.03. The number of nitrogens with zero attached hydrogens (tertiary/aromatic N) is 6. The molecule has 0 saturated carbocycles. The highest BCUT2D eigenvalue weighted by molar-refractivity contribution is 5.80. The van der Waals surface area contributed by atoms with Gasteiger partial charge in [0.2, 0.25) is 0 Å². The number of ether oxygens (including phenoxy) is 1. The number of aromatic nitrogens is 5. The highest BCUT2D eigenvalue weighted by Crippen LogP contribution is 2.31. The zero-order chi connectivity index (χ0) is 28.3. The van der Waals surface area contributed by atoms with Crippen molar-refractivity contribution in [2.75, 3.05) is 37.7 Å². The van der Waals surface area contributed by atoms with Crippen molar-refractivity contribution in [2.24, 2.45) is 0 Å². The molecule has 1 atom stereocenters. The van der Waals surface area contributed by atoms with Gasteiger partial charge in [0.25, 0.3) is 5.56 Å². The minimum Gasteiger partial charge on any atom is -0.494 e. The van der Waals surface area contributed by atoms with Crippen molar-refractivity contribution in [2.45, 2.75) is 33.4 Å². The summed E-state index contributed by atoms with van der Waals surface area (Å²) < 4.78 is 7.56. The summed E-state index contributed by atoms with van der Waals surface area (Å²) in [6.45, 7) is 10.6. The number of hydrogen-bond acceptors (Lipinski definition) is 7. The Labute approximate surface area is 239 Å². The summed E-state index contributed by atoms with van der Waals surface area (Å²) >= 11 is 0. The first kappa shape index (κ1) is 26.7. The Bertz CT molecular complexity index is 1700. The van der Waals surface area contributed by atoms with Crippen LogP contribution in [0.4, 0.5) is 5.69 Å². The van der Waals surface area contributed by atoms with Gasteiger partial charge in [-0.2, -0.15) is 0 Å². The lowest BCUT2D eigenvalue weighted by molar-refractivity contribution is 0.200. The van der Waals surface area contributed by atoms with Crippen LogP contribution in [0.3, 0.4) is 0 Å². The zero-order valence-corrected chi connectivity index (χ0v) is 23.7. The molecule has 3 aromatic carbocycles. The normalized spacial score (nSPS) is 14.9. The average molecular weight is 550 g/mol. The Morgan fingerprint density at radius 3 is 2.54 bits per heavy atom. The van der Waals surface area contributed by atoms with Crippen LogP contribution >= 0.6 is 0 Å². The van der Waals surface area contributed by atoms with Crippen LogP contribution in [0, 0.1) is 13.8 Å². The van der Waals surface area contributed by atoms with Crippen LogP contribution < -0.4 is 15.2 Å². The molecule has 1 aliphatic heterocycles. The van der Waals surface area contributed by atoms with E-state index in [1.165, 1.54) is 16.8 Å². The number of hydrogen-bond donors (Lipinski definition) is 1. The largest absolute Gasteiger partial charge is 0.494 e. The minimum atomic E-state index is -0.418. The van der Waals surface area contributed by atoms with E-state index in [1.54, 1.807) is 0 Å². The van der Waals surface area contributed by atoms with Crippen molar-refractivity contribution in [3.05, 3.63) is 111 Å². The molecule has 9 nitrogen and oxygen atoms in total. The predicted octanol–water partition coefficient (Wildman–Crippen LogP) is 4.49. The second-order valence-corrected chi connectivity index (χ2v) is 10.6. The Morgan fingerprint density at radius 1 is 0.951 bits per heavy atom. The molecule has 6 rings (SSSR count). The SMILES string of the molecule is CCOc1ccc2[nH]c(=O)c(C(c3nnnn3Cc3ccccc3)N3CCN(c4cccc(C)c4C)CC3)cc2c1. The Kier molecular flexibility index (Phi) is 7.52. The van der Waals surface area contributed by atoms with Gasteiger partial charge >= 0.3 is 0 Å². The highest BCUT2D eigenvalue weighted by atomic mass is 16.5. The number of fused-ring (bicyclic) bond motifs is 1. The molecule has 210 valence electrons. The van der Waals surface area contributed by atoms with Crippen LogP contribution in [0.15, 0.2) is 77.6 Å². The van der Waals surface area contributed by atoms with Crippen LogP contribution in [-0.2, 0) is 6.54 Å². The zero-order valence-electron chi connectivity index (χ0n) is 23.7. The molecule has 0 aliphatic carbocycles. The van der Waals surface area contributed by atoms with Gasteiger partial charge in [0.1, 0.15) is 11.8 Å². The van der Waals surface area contributed by atoms with Gasteiger partial charge in [-0.1, -0.05) is 42.5 Å². The summed E-state index contributed by atoms with van der Waals surface area (Å²) in [6, 6.07) is 23.9. The number of aryl methyl sites for hydroxylation is 1. The van der Waals surface area contributed by atoms with Crippen LogP contribution in [0.25, 0.3) is 10.9 Å². The number of benzene rings is 3. The average Bonchev–Trinajstić information content (AvgIpc) is 3.43. The lowest BCUT2D eigenvalue weighted by Crippen LogP contribution is -2.49. The Morgan fingerprint density at radius 2 is 1.76 bits per heavy atom. The van der Waals surface area contributed by atoms with Crippen molar-refractivity contribution in [3.8, 4) is 5.75 Å². The van der Waals surface area contributed by atoms with Gasteiger partial charge in [0.15, 0.2) is 5.82 Å². The second kappa shape index (κ2) is 11.5. The fourth-order valence-corrected chi connectivity index (χ4v) is 5.74. The lowest BCUT2D eigenvalue weighted by atomic mass is 10.0. The summed E-state index contributed by atoms with van der Waals surface area (Å²) in [7, 11) is 0. The molecule has 9 heteroatoms. The summed E-state index contributed by atoms with van der Waals surface area (Å²) in [5.74, 6) is 1.42. The molecule has 1 N–H and O–H groups in total. The quantitative estimate of drug-likeness (QED) is 0.305. The topological polar surface area (TPSA) is 92.2 Å². The van der Waals surface area contributed by atoms with Gasteiger partial charge in [-0.25, -0.2) is 4.68 Å². The molecule has 5 aromatic rings. The summed E-state index contributed by atoms with van der Waals surface area (Å²) in [5, 5.41) is 13.8. The molecule has 0 radical (unpaired) electrons. The molecule has 1 saturated heterocycles. The highest BCUT2D eigenvalue weighted by Gasteiger charge is 2.33. The number of pyridine rings is 1. The fourth-order valence-electron chi connectivity index (χ4n) is 5.74. The van der Waals surface area contributed by atoms with E-state index in [0.29, 0.717) is 24.5 Å². The summed E-state index contributed by atoms with van der Waals surface area (Å²) in [5.41, 5.74) is 6.20. The lowest BCUT2D eigenvalue weighted by Gasteiger charge is -2.40. The standard InChI is InChI=1S/C32H35N7O2/c1-4-41-26-13-14-28-25(19-26)20-27(32(40)33-28)30(31-34-35-36-39(31)21-24-10-6-5-7-11-24)38-17-15-37(16-18-38)29-12-8-9-22(2)23(29)3/h5-14,19-20,30H,4,15-18,21H2,1-3H3,(H,33,40). The molecule has 1 fully saturated rings. The maximum atomic E-state index is 13.7. The minimum absolute atomic E-state index is 0.141. The summed E-state index contributed by atoms with van der Waals surface area (Å²) in [4.78, 5) is 21.5. The van der Waals surface area contributed by atoms with Crippen molar-refractivity contribution in [1.82, 2.24) is 30.1 Å².